The zero-order chi connectivity index (χ0) is 13.9. The van der Waals surface area contributed by atoms with Crippen molar-refractivity contribution < 1.29 is 0 Å². The number of aromatic nitrogens is 4. The summed E-state index contributed by atoms with van der Waals surface area (Å²) in [5.74, 6) is 2.03. The zero-order valence-corrected chi connectivity index (χ0v) is 11.8. The summed E-state index contributed by atoms with van der Waals surface area (Å²) in [5, 5.41) is 3.01. The second kappa shape index (κ2) is 5.40. The van der Waals surface area contributed by atoms with Crippen LogP contribution in [-0.4, -0.2) is 40.1 Å². The van der Waals surface area contributed by atoms with Gasteiger partial charge in [0.25, 0.3) is 0 Å². The van der Waals surface area contributed by atoms with E-state index in [1.807, 2.05) is 20.0 Å². The van der Waals surface area contributed by atoms with Gasteiger partial charge in [0.05, 0.1) is 0 Å². The summed E-state index contributed by atoms with van der Waals surface area (Å²) in [4.78, 5) is 19.9. The highest BCUT2D eigenvalue weighted by atomic mass is 15.3. The van der Waals surface area contributed by atoms with Gasteiger partial charge in [0.1, 0.15) is 0 Å². The standard InChI is InChI=1S/C14H18N6/c1-10-5-6-16-9-11(10)12-17-13(15-2)19-14(18-12)20-7-3-4-8-20/h5-6,9H,3-4,7-8H2,1-2H3,(H,15,17,18,19). The first-order valence-corrected chi connectivity index (χ1v) is 6.87. The number of aryl methyl sites for hydroxylation is 1. The first kappa shape index (κ1) is 12.8. The van der Waals surface area contributed by atoms with Crippen LogP contribution in [0.1, 0.15) is 18.4 Å². The molecule has 1 aliphatic rings. The van der Waals surface area contributed by atoms with Gasteiger partial charge in [-0.05, 0) is 31.4 Å². The summed E-state index contributed by atoms with van der Waals surface area (Å²) < 4.78 is 0. The molecule has 1 fully saturated rings. The summed E-state index contributed by atoms with van der Waals surface area (Å²) in [5.41, 5.74) is 2.06. The van der Waals surface area contributed by atoms with E-state index < -0.39 is 0 Å². The highest BCUT2D eigenvalue weighted by molar-refractivity contribution is 5.61. The Kier molecular flexibility index (Phi) is 3.45. The molecule has 2 aromatic rings. The predicted octanol–water partition coefficient (Wildman–Crippen LogP) is 1.88. The molecule has 0 saturated carbocycles. The van der Waals surface area contributed by atoms with E-state index in [1.54, 1.807) is 12.4 Å². The number of pyridine rings is 1. The number of hydrogen-bond acceptors (Lipinski definition) is 6. The molecule has 1 saturated heterocycles. The summed E-state index contributed by atoms with van der Waals surface area (Å²) in [7, 11) is 1.82. The van der Waals surface area contributed by atoms with E-state index in [4.69, 9.17) is 0 Å². The van der Waals surface area contributed by atoms with Crippen LogP contribution in [0, 0.1) is 6.92 Å². The minimum absolute atomic E-state index is 0.597. The Morgan fingerprint density at radius 1 is 1.15 bits per heavy atom. The normalized spacial score (nSPS) is 14.6. The molecule has 3 rings (SSSR count). The zero-order valence-electron chi connectivity index (χ0n) is 11.8. The maximum absolute atomic E-state index is 4.62. The second-order valence-electron chi connectivity index (χ2n) is 4.92. The highest BCUT2D eigenvalue weighted by Crippen LogP contribution is 2.23. The van der Waals surface area contributed by atoms with E-state index in [9.17, 15) is 0 Å². The highest BCUT2D eigenvalue weighted by Gasteiger charge is 2.18. The molecule has 2 aromatic heterocycles. The summed E-state index contributed by atoms with van der Waals surface area (Å²) in [6.45, 7) is 4.06. The largest absolute Gasteiger partial charge is 0.357 e. The van der Waals surface area contributed by atoms with Crippen LogP contribution in [0.15, 0.2) is 18.5 Å². The molecule has 6 nitrogen and oxygen atoms in total. The van der Waals surface area contributed by atoms with E-state index in [1.165, 1.54) is 12.8 Å². The molecule has 6 heteroatoms. The van der Waals surface area contributed by atoms with Crippen LogP contribution < -0.4 is 10.2 Å². The van der Waals surface area contributed by atoms with Crippen molar-refractivity contribution in [2.45, 2.75) is 19.8 Å². The summed E-state index contributed by atoms with van der Waals surface area (Å²) >= 11 is 0. The van der Waals surface area contributed by atoms with Gasteiger partial charge >= 0.3 is 0 Å². The molecule has 1 N–H and O–H groups in total. The lowest BCUT2D eigenvalue weighted by Crippen LogP contribution is -2.21. The van der Waals surface area contributed by atoms with Crippen molar-refractivity contribution in [2.24, 2.45) is 0 Å². The Bertz CT molecular complexity index is 606. The molecule has 0 aromatic carbocycles. The van der Waals surface area contributed by atoms with Crippen LogP contribution in [0.2, 0.25) is 0 Å². The van der Waals surface area contributed by atoms with Crippen molar-refractivity contribution in [1.29, 1.82) is 0 Å². The maximum atomic E-state index is 4.62. The molecule has 0 radical (unpaired) electrons. The van der Waals surface area contributed by atoms with Gasteiger partial charge in [-0.1, -0.05) is 0 Å². The molecule has 104 valence electrons. The third kappa shape index (κ3) is 2.41. The number of nitrogens with zero attached hydrogens (tertiary/aromatic N) is 5. The maximum Gasteiger partial charge on any atom is 0.230 e. The van der Waals surface area contributed by atoms with Crippen LogP contribution in [0.5, 0.6) is 0 Å². The quantitative estimate of drug-likeness (QED) is 0.918. The first-order valence-electron chi connectivity index (χ1n) is 6.87. The van der Waals surface area contributed by atoms with Crippen molar-refractivity contribution in [3.63, 3.8) is 0 Å². The van der Waals surface area contributed by atoms with E-state index in [-0.39, 0.29) is 0 Å². The predicted molar refractivity (Wildman–Crippen MR) is 78.8 cm³/mol. The fraction of sp³-hybridized carbons (Fsp3) is 0.429. The number of anilines is 2. The topological polar surface area (TPSA) is 66.8 Å². The lowest BCUT2D eigenvalue weighted by atomic mass is 10.1. The van der Waals surface area contributed by atoms with Crippen LogP contribution in [0.25, 0.3) is 11.4 Å². The number of hydrogen-bond donors (Lipinski definition) is 1. The molecule has 0 spiro atoms. The lowest BCUT2D eigenvalue weighted by Gasteiger charge is -2.16. The van der Waals surface area contributed by atoms with Crippen molar-refractivity contribution in [3.8, 4) is 11.4 Å². The monoisotopic (exact) mass is 270 g/mol. The molecule has 0 bridgehead atoms. The van der Waals surface area contributed by atoms with Crippen LogP contribution in [0.3, 0.4) is 0 Å². The molecule has 20 heavy (non-hydrogen) atoms. The molecule has 0 unspecified atom stereocenters. The summed E-state index contributed by atoms with van der Waals surface area (Å²) in [6, 6.07) is 1.97. The average molecular weight is 270 g/mol. The van der Waals surface area contributed by atoms with Crippen molar-refractivity contribution >= 4 is 11.9 Å². The van der Waals surface area contributed by atoms with Crippen LogP contribution in [-0.2, 0) is 0 Å². The smallest absolute Gasteiger partial charge is 0.230 e. The molecular weight excluding hydrogens is 252 g/mol. The van der Waals surface area contributed by atoms with E-state index in [0.29, 0.717) is 11.8 Å². The Morgan fingerprint density at radius 2 is 1.95 bits per heavy atom. The van der Waals surface area contributed by atoms with E-state index >= 15 is 0 Å². The van der Waals surface area contributed by atoms with Crippen molar-refractivity contribution in [2.75, 3.05) is 30.4 Å². The van der Waals surface area contributed by atoms with Gasteiger partial charge in [-0.25, -0.2) is 0 Å². The van der Waals surface area contributed by atoms with E-state index in [0.717, 1.165) is 30.2 Å². The van der Waals surface area contributed by atoms with Crippen molar-refractivity contribution in [1.82, 2.24) is 19.9 Å². The number of rotatable bonds is 3. The number of nitrogens with one attached hydrogen (secondary N) is 1. The second-order valence-corrected chi connectivity index (χ2v) is 4.92. The molecule has 1 aliphatic heterocycles. The molecule has 0 aliphatic carbocycles. The molecule has 0 amide bonds. The fourth-order valence-corrected chi connectivity index (χ4v) is 2.35. The Morgan fingerprint density at radius 3 is 2.65 bits per heavy atom. The van der Waals surface area contributed by atoms with Gasteiger partial charge in [-0.3, -0.25) is 4.98 Å². The van der Waals surface area contributed by atoms with Gasteiger partial charge in [-0.15, -0.1) is 0 Å². The van der Waals surface area contributed by atoms with Crippen LogP contribution >= 0.6 is 0 Å². The molecule has 0 atom stereocenters. The van der Waals surface area contributed by atoms with Gasteiger partial charge in [0, 0.05) is 38.1 Å². The van der Waals surface area contributed by atoms with Gasteiger partial charge in [0.15, 0.2) is 5.82 Å². The lowest BCUT2D eigenvalue weighted by molar-refractivity contribution is 0.884. The average Bonchev–Trinajstić information content (AvgIpc) is 3.01. The van der Waals surface area contributed by atoms with Gasteiger partial charge < -0.3 is 10.2 Å². The Balaban J connectivity index is 2.06. The third-order valence-electron chi connectivity index (χ3n) is 3.52. The van der Waals surface area contributed by atoms with E-state index in [2.05, 4.69) is 30.2 Å². The van der Waals surface area contributed by atoms with Gasteiger partial charge in [-0.2, -0.15) is 15.0 Å². The summed E-state index contributed by atoms with van der Waals surface area (Å²) in [6.07, 6.45) is 5.97. The molecule has 3 heterocycles. The SMILES string of the molecule is CNc1nc(-c2cnccc2C)nc(N2CCCC2)n1. The third-order valence-corrected chi connectivity index (χ3v) is 3.52. The fourth-order valence-electron chi connectivity index (χ4n) is 2.35. The minimum Gasteiger partial charge on any atom is -0.357 e. The van der Waals surface area contributed by atoms with Gasteiger partial charge in [0.2, 0.25) is 11.9 Å². The van der Waals surface area contributed by atoms with Crippen LogP contribution in [0.4, 0.5) is 11.9 Å². The minimum atomic E-state index is 0.597. The molecular formula is C14H18N6. The Hall–Kier alpha value is -2.24. The van der Waals surface area contributed by atoms with Crippen molar-refractivity contribution in [3.05, 3.63) is 24.0 Å². The first-order chi connectivity index (χ1) is 9.78. The Labute approximate surface area is 118 Å².